The van der Waals surface area contributed by atoms with Gasteiger partial charge in [0.25, 0.3) is 0 Å². The van der Waals surface area contributed by atoms with E-state index in [9.17, 15) is 4.79 Å². The topological polar surface area (TPSA) is 98.0 Å². The summed E-state index contributed by atoms with van der Waals surface area (Å²) in [5.74, 6) is 1.05. The fourth-order valence-corrected chi connectivity index (χ4v) is 3.05. The zero-order chi connectivity index (χ0) is 19.5. The molecule has 4 rings (SSSR count). The average molecular weight is 400 g/mol. The highest BCUT2D eigenvalue weighted by molar-refractivity contribution is 6.32. The maximum Gasteiger partial charge on any atom is 0.242 e. The summed E-state index contributed by atoms with van der Waals surface area (Å²) in [6.45, 7) is 2.64. The van der Waals surface area contributed by atoms with Crippen molar-refractivity contribution in [1.82, 2.24) is 25.2 Å². The molecule has 8 nitrogen and oxygen atoms in total. The molecule has 4 aromatic rings. The van der Waals surface area contributed by atoms with Crippen LogP contribution in [0.4, 0.5) is 0 Å². The van der Waals surface area contributed by atoms with Crippen molar-refractivity contribution in [2.24, 2.45) is 0 Å². The van der Waals surface area contributed by atoms with E-state index in [1.807, 2.05) is 31.2 Å². The van der Waals surface area contributed by atoms with Crippen molar-refractivity contribution in [1.29, 1.82) is 0 Å². The van der Waals surface area contributed by atoms with E-state index in [0.717, 1.165) is 22.3 Å². The van der Waals surface area contributed by atoms with Gasteiger partial charge in [0.1, 0.15) is 18.9 Å². The van der Waals surface area contributed by atoms with Crippen LogP contribution < -0.4 is 10.1 Å². The molecule has 0 spiro atoms. The van der Waals surface area contributed by atoms with E-state index in [1.54, 1.807) is 23.1 Å². The number of aryl methyl sites for hydroxylation is 1. The molecular formula is C19H18ClN5O3. The minimum atomic E-state index is -0.119. The maximum atomic E-state index is 12.0. The fourth-order valence-electron chi connectivity index (χ4n) is 2.82. The number of amides is 1. The van der Waals surface area contributed by atoms with Crippen molar-refractivity contribution >= 4 is 28.4 Å². The molecule has 0 unspecified atom stereocenters. The molecule has 0 bridgehead atoms. The Kier molecular flexibility index (Phi) is 5.03. The quantitative estimate of drug-likeness (QED) is 0.497. The minimum Gasteiger partial charge on any atom is -0.484 e. The van der Waals surface area contributed by atoms with Crippen molar-refractivity contribution in [3.63, 3.8) is 0 Å². The van der Waals surface area contributed by atoms with Gasteiger partial charge >= 0.3 is 0 Å². The van der Waals surface area contributed by atoms with Gasteiger partial charge in [0.2, 0.25) is 5.91 Å². The molecule has 3 aromatic heterocycles. The van der Waals surface area contributed by atoms with Crippen LogP contribution in [0.5, 0.6) is 5.75 Å². The van der Waals surface area contributed by atoms with Crippen molar-refractivity contribution in [3.05, 3.63) is 64.9 Å². The molecule has 0 fully saturated rings. The van der Waals surface area contributed by atoms with E-state index in [4.69, 9.17) is 20.9 Å². The van der Waals surface area contributed by atoms with E-state index in [0.29, 0.717) is 23.1 Å². The molecule has 0 aliphatic rings. The highest BCUT2D eigenvalue weighted by Gasteiger charge is 2.10. The Bertz CT molecular complexity index is 1100. The third-order valence-electron chi connectivity index (χ3n) is 4.12. The van der Waals surface area contributed by atoms with Gasteiger partial charge in [0.15, 0.2) is 5.76 Å². The number of halogens is 1. The van der Waals surface area contributed by atoms with Crippen LogP contribution in [-0.2, 0) is 24.5 Å². The highest BCUT2D eigenvalue weighted by Crippen LogP contribution is 2.31. The van der Waals surface area contributed by atoms with E-state index < -0.39 is 0 Å². The van der Waals surface area contributed by atoms with Crippen molar-refractivity contribution in [3.8, 4) is 5.75 Å². The number of rotatable bonds is 7. The Labute approximate surface area is 165 Å². The van der Waals surface area contributed by atoms with Crippen LogP contribution in [0.3, 0.4) is 0 Å². The van der Waals surface area contributed by atoms with Crippen molar-refractivity contribution in [2.45, 2.75) is 26.6 Å². The summed E-state index contributed by atoms with van der Waals surface area (Å²) in [6, 6.07) is 9.18. The van der Waals surface area contributed by atoms with E-state index >= 15 is 0 Å². The van der Waals surface area contributed by atoms with Gasteiger partial charge in [-0.25, -0.2) is 0 Å². The van der Waals surface area contributed by atoms with E-state index in [-0.39, 0.29) is 19.1 Å². The number of carbonyl (C=O) groups excluding carboxylic acids is 1. The van der Waals surface area contributed by atoms with Gasteiger partial charge in [-0.05, 0) is 25.1 Å². The summed E-state index contributed by atoms with van der Waals surface area (Å²) >= 11 is 6.33. The second-order valence-corrected chi connectivity index (χ2v) is 6.78. The number of hydrogen-bond acceptors (Lipinski definition) is 5. The second-order valence-electron chi connectivity index (χ2n) is 6.37. The van der Waals surface area contributed by atoms with Crippen LogP contribution in [0.25, 0.3) is 10.9 Å². The lowest BCUT2D eigenvalue weighted by Gasteiger charge is -2.06. The molecule has 0 aliphatic heterocycles. The van der Waals surface area contributed by atoms with Gasteiger partial charge in [-0.3, -0.25) is 9.48 Å². The molecule has 9 heteroatoms. The summed E-state index contributed by atoms with van der Waals surface area (Å²) in [5.41, 5.74) is 2.52. The van der Waals surface area contributed by atoms with Gasteiger partial charge in [-0.1, -0.05) is 16.8 Å². The van der Waals surface area contributed by atoms with Crippen LogP contribution in [-0.4, -0.2) is 25.8 Å². The Morgan fingerprint density at radius 3 is 3.00 bits per heavy atom. The SMILES string of the molecule is Cc1cc(COc2cc3[nH]c(CNC(=O)Cn4cccn4)cc3cc2Cl)on1. The second kappa shape index (κ2) is 7.77. The number of hydrogen-bond donors (Lipinski definition) is 2. The first-order valence-corrected chi connectivity index (χ1v) is 9.05. The molecule has 0 atom stereocenters. The number of fused-ring (bicyclic) bond motifs is 1. The summed E-state index contributed by atoms with van der Waals surface area (Å²) in [5, 5.41) is 12.1. The minimum absolute atomic E-state index is 0.119. The molecule has 0 radical (unpaired) electrons. The van der Waals surface area contributed by atoms with Gasteiger partial charge < -0.3 is 19.6 Å². The molecule has 0 aliphatic carbocycles. The number of aromatic nitrogens is 4. The number of carbonyl (C=O) groups is 1. The first-order chi connectivity index (χ1) is 13.6. The summed E-state index contributed by atoms with van der Waals surface area (Å²) in [6.07, 6.45) is 3.38. The smallest absolute Gasteiger partial charge is 0.242 e. The fraction of sp³-hybridized carbons (Fsp3) is 0.211. The lowest BCUT2D eigenvalue weighted by molar-refractivity contribution is -0.122. The summed E-state index contributed by atoms with van der Waals surface area (Å²) in [4.78, 5) is 15.3. The Morgan fingerprint density at radius 2 is 2.25 bits per heavy atom. The molecule has 1 amide bonds. The largest absolute Gasteiger partial charge is 0.484 e. The maximum absolute atomic E-state index is 12.0. The molecule has 3 heterocycles. The predicted molar refractivity (Wildman–Crippen MR) is 103 cm³/mol. The normalized spacial score (nSPS) is 11.1. The van der Waals surface area contributed by atoms with E-state index in [2.05, 4.69) is 20.6 Å². The number of benzene rings is 1. The van der Waals surface area contributed by atoms with Crippen LogP contribution in [0, 0.1) is 6.92 Å². The Balaban J connectivity index is 1.41. The van der Waals surface area contributed by atoms with Crippen LogP contribution in [0.2, 0.25) is 5.02 Å². The van der Waals surface area contributed by atoms with Gasteiger partial charge in [-0.15, -0.1) is 0 Å². The Morgan fingerprint density at radius 1 is 1.36 bits per heavy atom. The molecule has 0 saturated carbocycles. The van der Waals surface area contributed by atoms with E-state index in [1.165, 1.54) is 0 Å². The number of nitrogens with one attached hydrogen (secondary N) is 2. The zero-order valence-corrected chi connectivity index (χ0v) is 15.9. The van der Waals surface area contributed by atoms with Crippen molar-refractivity contribution < 1.29 is 14.1 Å². The first kappa shape index (κ1) is 18.1. The van der Waals surface area contributed by atoms with Crippen molar-refractivity contribution in [2.75, 3.05) is 0 Å². The standard InChI is InChI=1S/C19H18ClN5O3/c1-12-5-15(28-24-12)11-27-18-8-17-13(7-16(18)20)6-14(23-17)9-21-19(26)10-25-4-2-3-22-25/h2-8,23H,9-11H2,1H3,(H,21,26). The lowest BCUT2D eigenvalue weighted by atomic mass is 10.2. The van der Waals surface area contributed by atoms with Gasteiger partial charge in [0.05, 0.1) is 17.3 Å². The number of aromatic amines is 1. The zero-order valence-electron chi connectivity index (χ0n) is 15.1. The summed E-state index contributed by atoms with van der Waals surface area (Å²) < 4.78 is 12.5. The molecule has 1 aromatic carbocycles. The van der Waals surface area contributed by atoms with Gasteiger partial charge in [0, 0.05) is 41.1 Å². The molecule has 0 saturated heterocycles. The predicted octanol–water partition coefficient (Wildman–Crippen LogP) is 3.21. The third kappa shape index (κ3) is 4.17. The molecule has 28 heavy (non-hydrogen) atoms. The molecule has 144 valence electrons. The summed E-state index contributed by atoms with van der Waals surface area (Å²) in [7, 11) is 0. The van der Waals surface area contributed by atoms with Crippen LogP contribution in [0.1, 0.15) is 17.1 Å². The highest BCUT2D eigenvalue weighted by atomic mass is 35.5. The average Bonchev–Trinajstić information content (AvgIpc) is 3.39. The van der Waals surface area contributed by atoms with Gasteiger partial charge in [-0.2, -0.15) is 5.10 Å². The first-order valence-electron chi connectivity index (χ1n) is 8.67. The number of ether oxygens (including phenoxy) is 1. The molecule has 2 N–H and O–H groups in total. The lowest BCUT2D eigenvalue weighted by Crippen LogP contribution is -2.27. The molecular weight excluding hydrogens is 382 g/mol. The number of nitrogens with zero attached hydrogens (tertiary/aromatic N) is 3. The monoisotopic (exact) mass is 399 g/mol. The van der Waals surface area contributed by atoms with Crippen LogP contribution >= 0.6 is 11.6 Å². The van der Waals surface area contributed by atoms with Crippen LogP contribution in [0.15, 0.2) is 47.2 Å². The number of H-pyrrole nitrogens is 1. The third-order valence-corrected chi connectivity index (χ3v) is 4.41. The Hall–Kier alpha value is -3.26.